The average Bonchev–Trinajstić information content (AvgIpc) is 3.23. The highest BCUT2D eigenvalue weighted by atomic mass is 79.9. The zero-order valence-electron chi connectivity index (χ0n) is 31.5. The molecule has 0 fully saturated rings. The van der Waals surface area contributed by atoms with E-state index in [1.807, 2.05) is 12.1 Å². The number of aromatic hydroxyl groups is 6. The number of nitrogens with zero attached hydrogens (tertiary/aromatic N) is 2. The monoisotopic (exact) mass is 874 g/mol. The lowest BCUT2D eigenvalue weighted by atomic mass is 9.80. The second kappa shape index (κ2) is 18.1. The molecular formula is C44H36BBrN2O12. The summed E-state index contributed by atoms with van der Waals surface area (Å²) in [6, 6.07) is 31.1. The SMILES string of the molecule is COc1ccc(-c2cn(-c3ccc(O)cc3)c(=O)c3c(O)cc(O)cc23)cc1.O=c1c2c(O)cc(O)cc2c(Br)cn1-c1ccc(O)cc1.OCc1ccc(B(O)O)cc1. The van der Waals surface area contributed by atoms with Gasteiger partial charge in [0, 0.05) is 56.7 Å². The first-order valence-electron chi connectivity index (χ1n) is 17.9. The third-order valence-electron chi connectivity index (χ3n) is 9.24. The molecule has 0 aliphatic heterocycles. The summed E-state index contributed by atoms with van der Waals surface area (Å²) in [5, 5.41) is 85.7. The van der Waals surface area contributed by atoms with Gasteiger partial charge in [0.15, 0.2) is 0 Å². The molecule has 2 aromatic heterocycles. The summed E-state index contributed by atoms with van der Waals surface area (Å²) in [5.74, 6) is 0.0153. The highest BCUT2D eigenvalue weighted by Crippen LogP contribution is 2.36. The number of rotatable bonds is 6. The third-order valence-corrected chi connectivity index (χ3v) is 9.87. The van der Waals surface area contributed by atoms with Gasteiger partial charge in [0.2, 0.25) is 0 Å². The number of halogens is 1. The van der Waals surface area contributed by atoms with Crippen molar-refractivity contribution in [3.05, 3.63) is 164 Å². The molecule has 16 heteroatoms. The lowest BCUT2D eigenvalue weighted by Crippen LogP contribution is -2.29. The number of aromatic nitrogens is 2. The van der Waals surface area contributed by atoms with E-state index in [0.717, 1.165) is 23.3 Å². The number of benzene rings is 6. The Labute approximate surface area is 349 Å². The van der Waals surface area contributed by atoms with Crippen molar-refractivity contribution in [3.63, 3.8) is 0 Å². The van der Waals surface area contributed by atoms with Gasteiger partial charge in [-0.3, -0.25) is 18.7 Å². The molecule has 0 aliphatic carbocycles. The number of phenols is 6. The number of hydrogen-bond acceptors (Lipinski definition) is 12. The van der Waals surface area contributed by atoms with Gasteiger partial charge in [-0.2, -0.15) is 0 Å². The molecule has 0 unspecified atom stereocenters. The van der Waals surface area contributed by atoms with Gasteiger partial charge < -0.3 is 50.5 Å². The first-order valence-corrected chi connectivity index (χ1v) is 18.7. The standard InChI is InChI=1S/C22H17NO5.C15H10BrNO4.C7H9BO3/c1-28-17-8-2-13(3-9-17)19-12-23(14-4-6-15(24)7-5-14)22(27)21-18(19)10-16(25)11-20(21)26;16-12-7-17(8-1-3-9(18)4-2-8)15(21)14-11(12)5-10(19)6-13(14)20;9-5-6-1-3-7(4-2-6)8(10)11/h2-12,24-26H,1H3;1-7,18-20H;1-4,9-11H,5H2. The minimum absolute atomic E-state index is 0.0260. The Morgan fingerprint density at radius 2 is 1.05 bits per heavy atom. The number of aliphatic hydroxyl groups is 1. The smallest absolute Gasteiger partial charge is 0.488 e. The topological polar surface area (TPSA) is 235 Å². The van der Waals surface area contributed by atoms with E-state index in [9.17, 15) is 40.2 Å². The van der Waals surface area contributed by atoms with Gasteiger partial charge in [0.05, 0.1) is 24.5 Å². The normalized spacial score (nSPS) is 10.7. The molecule has 8 aromatic rings. The van der Waals surface area contributed by atoms with Crippen molar-refractivity contribution in [1.29, 1.82) is 0 Å². The maximum Gasteiger partial charge on any atom is 0.488 e. The fourth-order valence-corrected chi connectivity index (χ4v) is 6.74. The lowest BCUT2D eigenvalue weighted by molar-refractivity contribution is 0.282. The summed E-state index contributed by atoms with van der Waals surface area (Å²) in [6.07, 6.45) is 3.20. The van der Waals surface area contributed by atoms with Gasteiger partial charge in [-0.25, -0.2) is 0 Å². The van der Waals surface area contributed by atoms with E-state index in [4.69, 9.17) is 19.9 Å². The summed E-state index contributed by atoms with van der Waals surface area (Å²) in [6.45, 7) is -0.0260. The second-order valence-corrected chi connectivity index (χ2v) is 14.0. The van der Waals surface area contributed by atoms with E-state index >= 15 is 0 Å². The van der Waals surface area contributed by atoms with Crippen LogP contribution in [0.5, 0.6) is 40.2 Å². The van der Waals surface area contributed by atoms with Crippen molar-refractivity contribution >= 4 is 50.1 Å². The van der Waals surface area contributed by atoms with Crippen LogP contribution in [0, 0.1) is 0 Å². The Morgan fingerprint density at radius 3 is 1.52 bits per heavy atom. The van der Waals surface area contributed by atoms with Crippen LogP contribution in [0.2, 0.25) is 0 Å². The van der Waals surface area contributed by atoms with Crippen LogP contribution in [0.1, 0.15) is 5.56 Å². The summed E-state index contributed by atoms with van der Waals surface area (Å²) in [4.78, 5) is 25.6. The van der Waals surface area contributed by atoms with Gasteiger partial charge in [0.25, 0.3) is 11.1 Å². The van der Waals surface area contributed by atoms with Crippen LogP contribution in [0.15, 0.2) is 148 Å². The molecule has 2 heterocycles. The number of hydrogen-bond donors (Lipinski definition) is 9. The maximum atomic E-state index is 13.1. The minimum atomic E-state index is -1.43. The van der Waals surface area contributed by atoms with Crippen LogP contribution in [0.4, 0.5) is 0 Å². The predicted molar refractivity (Wildman–Crippen MR) is 231 cm³/mol. The number of ether oxygens (including phenoxy) is 1. The van der Waals surface area contributed by atoms with Crippen LogP contribution in [-0.2, 0) is 6.61 Å². The van der Waals surface area contributed by atoms with Crippen molar-refractivity contribution in [2.24, 2.45) is 0 Å². The molecule has 304 valence electrons. The van der Waals surface area contributed by atoms with Gasteiger partial charge in [-0.15, -0.1) is 0 Å². The molecule has 8 rings (SSSR count). The lowest BCUT2D eigenvalue weighted by Gasteiger charge is -2.14. The molecule has 60 heavy (non-hydrogen) atoms. The van der Waals surface area contributed by atoms with Crippen molar-refractivity contribution in [3.8, 4) is 62.7 Å². The Bertz CT molecular complexity index is 2920. The van der Waals surface area contributed by atoms with E-state index in [1.165, 1.54) is 45.5 Å². The zero-order chi connectivity index (χ0) is 43.2. The fraction of sp³-hybridized carbons (Fsp3) is 0.0455. The molecular weight excluding hydrogens is 839 g/mol. The van der Waals surface area contributed by atoms with Crippen LogP contribution < -0.4 is 21.3 Å². The summed E-state index contributed by atoms with van der Waals surface area (Å²) in [7, 11) is 0.147. The number of fused-ring (bicyclic) bond motifs is 2. The van der Waals surface area contributed by atoms with E-state index in [2.05, 4.69) is 15.9 Å². The fourth-order valence-electron chi connectivity index (χ4n) is 6.22. The van der Waals surface area contributed by atoms with E-state index in [0.29, 0.717) is 43.4 Å². The largest absolute Gasteiger partial charge is 0.508 e. The van der Waals surface area contributed by atoms with Crippen molar-refractivity contribution < 1.29 is 50.5 Å². The molecule has 0 bridgehead atoms. The molecule has 0 saturated carbocycles. The van der Waals surface area contributed by atoms with Crippen molar-refractivity contribution in [1.82, 2.24) is 9.13 Å². The maximum absolute atomic E-state index is 13.1. The molecule has 9 N–H and O–H groups in total. The molecule has 0 amide bonds. The summed E-state index contributed by atoms with van der Waals surface area (Å²) >= 11 is 3.33. The summed E-state index contributed by atoms with van der Waals surface area (Å²) in [5.41, 5.74) is 2.85. The van der Waals surface area contributed by atoms with Gasteiger partial charge in [-0.05, 0) is 105 Å². The van der Waals surface area contributed by atoms with E-state index < -0.39 is 18.2 Å². The van der Waals surface area contributed by atoms with E-state index in [-0.39, 0.29) is 51.9 Å². The minimum Gasteiger partial charge on any atom is -0.508 e. The molecule has 0 saturated heterocycles. The number of pyridine rings is 2. The Balaban J connectivity index is 0.000000166. The summed E-state index contributed by atoms with van der Waals surface area (Å²) < 4.78 is 8.50. The number of phenolic OH excluding ortho intramolecular Hbond substituents is 6. The Hall–Kier alpha value is -7.24. The highest BCUT2D eigenvalue weighted by molar-refractivity contribution is 9.10. The highest BCUT2D eigenvalue weighted by Gasteiger charge is 2.17. The Kier molecular flexibility index (Phi) is 12.8. The third kappa shape index (κ3) is 9.22. The molecule has 0 aliphatic rings. The van der Waals surface area contributed by atoms with Crippen LogP contribution in [0.25, 0.3) is 44.0 Å². The molecule has 0 atom stereocenters. The average molecular weight is 875 g/mol. The van der Waals surface area contributed by atoms with Gasteiger partial charge >= 0.3 is 7.12 Å². The molecule has 6 aromatic carbocycles. The number of aliphatic hydroxyl groups excluding tert-OH is 1. The Morgan fingerprint density at radius 1 is 0.583 bits per heavy atom. The molecule has 14 nitrogen and oxygen atoms in total. The van der Waals surface area contributed by atoms with Crippen LogP contribution in [0.3, 0.4) is 0 Å². The first kappa shape index (κ1) is 42.4. The van der Waals surface area contributed by atoms with E-state index in [1.54, 1.807) is 80.2 Å². The predicted octanol–water partition coefficient (Wildman–Crippen LogP) is 5.51. The quantitative estimate of drug-likeness (QED) is 0.0941. The zero-order valence-corrected chi connectivity index (χ0v) is 33.1. The van der Waals surface area contributed by atoms with Crippen molar-refractivity contribution in [2.75, 3.05) is 7.11 Å². The van der Waals surface area contributed by atoms with Crippen molar-refractivity contribution in [2.45, 2.75) is 6.61 Å². The number of methoxy groups -OCH3 is 1. The second-order valence-electron chi connectivity index (χ2n) is 13.2. The van der Waals surface area contributed by atoms with Crippen LogP contribution >= 0.6 is 15.9 Å². The molecule has 0 radical (unpaired) electrons. The van der Waals surface area contributed by atoms with Gasteiger partial charge in [-0.1, -0.05) is 36.4 Å². The first-order chi connectivity index (χ1) is 28.7. The molecule has 0 spiro atoms. The van der Waals surface area contributed by atoms with Crippen LogP contribution in [-0.4, -0.2) is 69.2 Å². The van der Waals surface area contributed by atoms with Gasteiger partial charge in [0.1, 0.15) is 40.2 Å².